The minimum absolute atomic E-state index is 0.355. The van der Waals surface area contributed by atoms with Crippen LogP contribution in [-0.2, 0) is 0 Å². The van der Waals surface area contributed by atoms with E-state index in [-0.39, 0.29) is 0 Å². The molecular weight excluding hydrogens is 218 g/mol. The Morgan fingerprint density at radius 2 is 1.88 bits per heavy atom. The molecule has 1 nitrogen and oxygen atoms in total. The normalized spacial score (nSPS) is 13.8. The van der Waals surface area contributed by atoms with Crippen molar-refractivity contribution < 1.29 is 0 Å². The Hall–Kier alpha value is -0.530. The monoisotopic (exact) mass is 239 g/mol. The van der Waals surface area contributed by atoms with Gasteiger partial charge in [0, 0.05) is 11.1 Å². The Balaban J connectivity index is 2.72. The highest BCUT2D eigenvalue weighted by Crippen LogP contribution is 2.30. The van der Waals surface area contributed by atoms with E-state index in [9.17, 15) is 0 Å². The van der Waals surface area contributed by atoms with Crippen LogP contribution in [0.1, 0.15) is 45.2 Å². The Morgan fingerprint density at radius 3 is 2.38 bits per heavy atom. The second kappa shape index (κ2) is 5.70. The summed E-state index contributed by atoms with van der Waals surface area (Å²) >= 11 is 6.21. The largest absolute Gasteiger partial charge is 0.313 e. The van der Waals surface area contributed by atoms with Crippen LogP contribution in [0.4, 0.5) is 0 Å². The van der Waals surface area contributed by atoms with Crippen molar-refractivity contribution in [3.8, 4) is 0 Å². The molecule has 90 valence electrons. The molecule has 0 bridgehead atoms. The molecule has 1 aromatic rings. The van der Waals surface area contributed by atoms with Crippen molar-refractivity contribution >= 4 is 11.6 Å². The summed E-state index contributed by atoms with van der Waals surface area (Å²) in [4.78, 5) is 0. The highest BCUT2D eigenvalue weighted by atomic mass is 35.5. The molecule has 0 radical (unpaired) electrons. The van der Waals surface area contributed by atoms with Crippen LogP contribution in [0.15, 0.2) is 24.3 Å². The third-order valence-corrected chi connectivity index (χ3v) is 3.16. The number of rotatable bonds is 4. The summed E-state index contributed by atoms with van der Waals surface area (Å²) in [7, 11) is 2.00. The van der Waals surface area contributed by atoms with Gasteiger partial charge in [0.2, 0.25) is 0 Å². The average Bonchev–Trinajstić information content (AvgIpc) is 2.20. The van der Waals surface area contributed by atoms with E-state index in [1.165, 1.54) is 12.0 Å². The minimum atomic E-state index is 0.355. The topological polar surface area (TPSA) is 12.0 Å². The number of hydrogen-bond acceptors (Lipinski definition) is 1. The van der Waals surface area contributed by atoms with Gasteiger partial charge >= 0.3 is 0 Å². The standard InChI is InChI=1S/C14H22ClN/c1-14(2,3)10-9-13(16-4)11-7-5-6-8-12(11)15/h5-8,13,16H,9-10H2,1-4H3. The van der Waals surface area contributed by atoms with Crippen LogP contribution in [0.25, 0.3) is 0 Å². The van der Waals surface area contributed by atoms with Gasteiger partial charge in [0.15, 0.2) is 0 Å². The van der Waals surface area contributed by atoms with Gasteiger partial charge in [-0.1, -0.05) is 50.6 Å². The lowest BCUT2D eigenvalue weighted by Crippen LogP contribution is -2.19. The van der Waals surface area contributed by atoms with Crippen LogP contribution in [-0.4, -0.2) is 7.05 Å². The van der Waals surface area contributed by atoms with Gasteiger partial charge in [0.05, 0.1) is 0 Å². The lowest BCUT2D eigenvalue weighted by Gasteiger charge is -2.23. The van der Waals surface area contributed by atoms with E-state index < -0.39 is 0 Å². The Morgan fingerprint density at radius 1 is 1.25 bits per heavy atom. The number of benzene rings is 1. The second-order valence-electron chi connectivity index (χ2n) is 5.46. The maximum absolute atomic E-state index is 6.21. The molecule has 1 unspecified atom stereocenters. The molecule has 1 N–H and O–H groups in total. The van der Waals surface area contributed by atoms with Crippen molar-refractivity contribution in [3.05, 3.63) is 34.9 Å². The molecule has 1 aromatic carbocycles. The molecule has 0 aliphatic heterocycles. The van der Waals surface area contributed by atoms with Crippen LogP contribution in [0, 0.1) is 5.41 Å². The maximum atomic E-state index is 6.21. The lowest BCUT2D eigenvalue weighted by molar-refractivity contribution is 0.338. The summed E-state index contributed by atoms with van der Waals surface area (Å²) < 4.78 is 0. The number of hydrogen-bond donors (Lipinski definition) is 1. The van der Waals surface area contributed by atoms with E-state index in [1.807, 2.05) is 25.2 Å². The SMILES string of the molecule is CNC(CCC(C)(C)C)c1ccccc1Cl. The van der Waals surface area contributed by atoms with E-state index in [1.54, 1.807) is 0 Å². The van der Waals surface area contributed by atoms with E-state index >= 15 is 0 Å². The lowest BCUT2D eigenvalue weighted by atomic mass is 9.87. The fraction of sp³-hybridized carbons (Fsp3) is 0.571. The van der Waals surface area contributed by atoms with Crippen molar-refractivity contribution in [1.82, 2.24) is 5.32 Å². The summed E-state index contributed by atoms with van der Waals surface area (Å²) in [5, 5.41) is 4.20. The molecule has 0 aliphatic rings. The molecule has 0 aliphatic carbocycles. The molecule has 0 heterocycles. The summed E-state index contributed by atoms with van der Waals surface area (Å²) in [5.74, 6) is 0. The molecule has 0 saturated heterocycles. The fourth-order valence-electron chi connectivity index (χ4n) is 1.79. The molecule has 0 saturated carbocycles. The van der Waals surface area contributed by atoms with E-state index in [0.717, 1.165) is 11.4 Å². The van der Waals surface area contributed by atoms with Crippen LogP contribution in [0.5, 0.6) is 0 Å². The third-order valence-electron chi connectivity index (χ3n) is 2.81. The summed E-state index contributed by atoms with van der Waals surface area (Å²) in [6, 6.07) is 8.43. The van der Waals surface area contributed by atoms with Crippen molar-refractivity contribution in [1.29, 1.82) is 0 Å². The zero-order chi connectivity index (χ0) is 12.2. The first kappa shape index (κ1) is 13.5. The van der Waals surface area contributed by atoms with E-state index in [4.69, 9.17) is 11.6 Å². The average molecular weight is 240 g/mol. The van der Waals surface area contributed by atoms with Gasteiger partial charge in [0.25, 0.3) is 0 Å². The predicted molar refractivity (Wildman–Crippen MR) is 71.9 cm³/mol. The van der Waals surface area contributed by atoms with Gasteiger partial charge in [0.1, 0.15) is 0 Å². The van der Waals surface area contributed by atoms with Gasteiger partial charge in [-0.3, -0.25) is 0 Å². The molecule has 1 rings (SSSR count). The van der Waals surface area contributed by atoms with Crippen molar-refractivity contribution in [2.24, 2.45) is 5.41 Å². The minimum Gasteiger partial charge on any atom is -0.313 e. The molecule has 0 amide bonds. The van der Waals surface area contributed by atoms with Gasteiger partial charge in [-0.05, 0) is 36.9 Å². The summed E-state index contributed by atoms with van der Waals surface area (Å²) in [5.41, 5.74) is 1.58. The molecule has 0 spiro atoms. The third kappa shape index (κ3) is 4.15. The zero-order valence-electron chi connectivity index (χ0n) is 10.7. The van der Waals surface area contributed by atoms with Gasteiger partial charge in [-0.15, -0.1) is 0 Å². The maximum Gasteiger partial charge on any atom is 0.0453 e. The smallest absolute Gasteiger partial charge is 0.0453 e. The summed E-state index contributed by atoms with van der Waals surface area (Å²) in [6.45, 7) is 6.81. The Kier molecular flexibility index (Phi) is 4.82. The van der Waals surface area contributed by atoms with Gasteiger partial charge < -0.3 is 5.32 Å². The zero-order valence-corrected chi connectivity index (χ0v) is 11.4. The molecule has 0 aromatic heterocycles. The highest BCUT2D eigenvalue weighted by Gasteiger charge is 2.16. The molecular formula is C14H22ClN. The quantitative estimate of drug-likeness (QED) is 0.820. The van der Waals surface area contributed by atoms with Crippen molar-refractivity contribution in [2.75, 3.05) is 7.05 Å². The van der Waals surface area contributed by atoms with Crippen molar-refractivity contribution in [3.63, 3.8) is 0 Å². The van der Waals surface area contributed by atoms with Crippen LogP contribution in [0.2, 0.25) is 5.02 Å². The van der Waals surface area contributed by atoms with Crippen LogP contribution < -0.4 is 5.32 Å². The van der Waals surface area contributed by atoms with E-state index in [2.05, 4.69) is 32.2 Å². The Labute approximate surface area is 104 Å². The molecule has 1 atom stereocenters. The number of halogens is 1. The van der Waals surface area contributed by atoms with E-state index in [0.29, 0.717) is 11.5 Å². The van der Waals surface area contributed by atoms with Crippen LogP contribution >= 0.6 is 11.6 Å². The number of nitrogens with one attached hydrogen (secondary N) is 1. The highest BCUT2D eigenvalue weighted by molar-refractivity contribution is 6.31. The first-order valence-electron chi connectivity index (χ1n) is 5.86. The van der Waals surface area contributed by atoms with Crippen LogP contribution in [0.3, 0.4) is 0 Å². The fourth-order valence-corrected chi connectivity index (χ4v) is 2.06. The molecule has 16 heavy (non-hydrogen) atoms. The Bertz CT molecular complexity index is 328. The molecule has 2 heteroatoms. The summed E-state index contributed by atoms with van der Waals surface area (Å²) in [6.07, 6.45) is 2.30. The molecule has 0 fully saturated rings. The predicted octanol–water partition coefficient (Wildman–Crippen LogP) is 4.43. The van der Waals surface area contributed by atoms with Crippen molar-refractivity contribution in [2.45, 2.75) is 39.7 Å². The first-order valence-corrected chi connectivity index (χ1v) is 6.23. The van der Waals surface area contributed by atoms with Gasteiger partial charge in [-0.2, -0.15) is 0 Å². The van der Waals surface area contributed by atoms with Gasteiger partial charge in [-0.25, -0.2) is 0 Å². The first-order chi connectivity index (χ1) is 7.44. The second-order valence-corrected chi connectivity index (χ2v) is 5.87.